The average Bonchev–Trinajstić information content (AvgIpc) is 2.99. The monoisotopic (exact) mass is 384 g/mol. The number of nitrogens with one attached hydrogen (secondary N) is 2. The molecule has 0 aliphatic carbocycles. The third-order valence-corrected chi connectivity index (χ3v) is 4.63. The first-order chi connectivity index (χ1) is 13.5. The summed E-state index contributed by atoms with van der Waals surface area (Å²) in [5.74, 6) is 0.902. The SMILES string of the molecule is CCNC(=NCCCn1nc(C)cc1C)NCCCc1ccc(N(C)C)cc1. The van der Waals surface area contributed by atoms with Gasteiger partial charge in [-0.1, -0.05) is 12.1 Å². The molecule has 2 N–H and O–H groups in total. The van der Waals surface area contributed by atoms with Crippen molar-refractivity contribution in [2.24, 2.45) is 4.99 Å². The molecule has 0 bridgehead atoms. The Hall–Kier alpha value is -2.50. The fraction of sp³-hybridized carbons (Fsp3) is 0.545. The molecule has 6 heteroatoms. The quantitative estimate of drug-likeness (QED) is 0.375. The largest absolute Gasteiger partial charge is 0.378 e. The Morgan fingerprint density at radius 3 is 2.46 bits per heavy atom. The zero-order chi connectivity index (χ0) is 20.4. The Kier molecular flexibility index (Phi) is 8.85. The molecule has 6 nitrogen and oxygen atoms in total. The van der Waals surface area contributed by atoms with Crippen LogP contribution < -0.4 is 15.5 Å². The van der Waals surface area contributed by atoms with Crippen LogP contribution in [0.1, 0.15) is 36.7 Å². The van der Waals surface area contributed by atoms with Crippen molar-refractivity contribution < 1.29 is 0 Å². The van der Waals surface area contributed by atoms with Crippen LogP contribution in [0.5, 0.6) is 0 Å². The maximum atomic E-state index is 4.69. The molecule has 0 radical (unpaired) electrons. The molecule has 2 rings (SSSR count). The van der Waals surface area contributed by atoms with Crippen LogP contribution in [-0.4, -0.2) is 49.5 Å². The van der Waals surface area contributed by atoms with E-state index in [2.05, 4.69) is 88.6 Å². The number of anilines is 1. The molecule has 0 aliphatic heterocycles. The minimum Gasteiger partial charge on any atom is -0.378 e. The number of hydrogen-bond donors (Lipinski definition) is 2. The van der Waals surface area contributed by atoms with Gasteiger partial charge in [-0.3, -0.25) is 9.67 Å². The first-order valence-electron chi connectivity index (χ1n) is 10.3. The summed E-state index contributed by atoms with van der Waals surface area (Å²) in [4.78, 5) is 6.81. The molecule has 0 fully saturated rings. The fourth-order valence-electron chi connectivity index (χ4n) is 3.11. The number of rotatable bonds is 10. The number of benzene rings is 1. The molecule has 0 amide bonds. The minimum atomic E-state index is 0.791. The smallest absolute Gasteiger partial charge is 0.191 e. The second kappa shape index (κ2) is 11.4. The highest BCUT2D eigenvalue weighted by Crippen LogP contribution is 2.13. The van der Waals surface area contributed by atoms with Crippen LogP contribution in [0.3, 0.4) is 0 Å². The van der Waals surface area contributed by atoms with E-state index in [1.807, 2.05) is 6.92 Å². The number of aliphatic imine (C=N–C) groups is 1. The van der Waals surface area contributed by atoms with Gasteiger partial charge in [-0.25, -0.2) is 0 Å². The standard InChI is InChI=1S/C22H36N6/c1-6-23-22(25-15-8-16-28-19(3)17-18(2)26-28)24-14-7-9-20-10-12-21(13-11-20)27(4)5/h10-13,17H,6-9,14-16H2,1-5H3,(H2,23,24,25). The lowest BCUT2D eigenvalue weighted by atomic mass is 10.1. The Morgan fingerprint density at radius 2 is 1.86 bits per heavy atom. The van der Waals surface area contributed by atoms with E-state index >= 15 is 0 Å². The molecule has 0 aliphatic rings. The van der Waals surface area contributed by atoms with Crippen LogP contribution in [0.25, 0.3) is 0 Å². The number of aryl methyl sites for hydroxylation is 4. The highest BCUT2D eigenvalue weighted by Gasteiger charge is 2.01. The van der Waals surface area contributed by atoms with Crippen LogP contribution in [-0.2, 0) is 13.0 Å². The zero-order valence-corrected chi connectivity index (χ0v) is 18.1. The molecular formula is C22H36N6. The van der Waals surface area contributed by atoms with Gasteiger partial charge in [-0.15, -0.1) is 0 Å². The van der Waals surface area contributed by atoms with Gasteiger partial charge in [-0.2, -0.15) is 5.10 Å². The lowest BCUT2D eigenvalue weighted by molar-refractivity contribution is 0.567. The summed E-state index contributed by atoms with van der Waals surface area (Å²) in [5.41, 5.74) is 4.90. The molecule has 2 aromatic rings. The molecule has 1 aromatic heterocycles. The third-order valence-electron chi connectivity index (χ3n) is 4.63. The molecule has 0 atom stereocenters. The summed E-state index contributed by atoms with van der Waals surface area (Å²) >= 11 is 0. The van der Waals surface area contributed by atoms with Gasteiger partial charge in [0.1, 0.15) is 0 Å². The first-order valence-corrected chi connectivity index (χ1v) is 10.3. The maximum absolute atomic E-state index is 4.69. The van der Waals surface area contributed by atoms with Gasteiger partial charge < -0.3 is 15.5 Å². The molecule has 1 aromatic carbocycles. The summed E-state index contributed by atoms with van der Waals surface area (Å²) in [5, 5.41) is 11.3. The van der Waals surface area contributed by atoms with Crippen molar-refractivity contribution >= 4 is 11.6 Å². The summed E-state index contributed by atoms with van der Waals surface area (Å²) in [6, 6.07) is 10.9. The van der Waals surface area contributed by atoms with Crippen molar-refractivity contribution in [2.75, 3.05) is 38.6 Å². The van der Waals surface area contributed by atoms with Crippen molar-refractivity contribution in [3.05, 3.63) is 47.3 Å². The van der Waals surface area contributed by atoms with E-state index in [9.17, 15) is 0 Å². The lowest BCUT2D eigenvalue weighted by Crippen LogP contribution is -2.38. The van der Waals surface area contributed by atoms with E-state index in [0.29, 0.717) is 0 Å². The highest BCUT2D eigenvalue weighted by atomic mass is 15.3. The zero-order valence-electron chi connectivity index (χ0n) is 18.1. The Morgan fingerprint density at radius 1 is 1.11 bits per heavy atom. The average molecular weight is 385 g/mol. The van der Waals surface area contributed by atoms with Crippen molar-refractivity contribution in [3.63, 3.8) is 0 Å². The summed E-state index contributed by atoms with van der Waals surface area (Å²) in [6.45, 7) is 9.72. The molecule has 0 saturated carbocycles. The molecular weight excluding hydrogens is 348 g/mol. The van der Waals surface area contributed by atoms with Gasteiger partial charge in [0.05, 0.1) is 5.69 Å². The third kappa shape index (κ3) is 7.25. The van der Waals surface area contributed by atoms with E-state index in [4.69, 9.17) is 0 Å². The summed E-state index contributed by atoms with van der Waals surface area (Å²) in [7, 11) is 4.13. The fourth-order valence-corrected chi connectivity index (χ4v) is 3.11. The van der Waals surface area contributed by atoms with Crippen molar-refractivity contribution in [2.45, 2.75) is 46.6 Å². The van der Waals surface area contributed by atoms with Crippen LogP contribution in [0.4, 0.5) is 5.69 Å². The Bertz CT molecular complexity index is 730. The lowest BCUT2D eigenvalue weighted by Gasteiger charge is -2.13. The summed E-state index contributed by atoms with van der Waals surface area (Å²) in [6.07, 6.45) is 3.13. The van der Waals surface area contributed by atoms with Crippen LogP contribution >= 0.6 is 0 Å². The number of guanidine groups is 1. The molecule has 0 saturated heterocycles. The van der Waals surface area contributed by atoms with Crippen LogP contribution in [0.15, 0.2) is 35.3 Å². The molecule has 0 unspecified atom stereocenters. The van der Waals surface area contributed by atoms with E-state index in [-0.39, 0.29) is 0 Å². The van der Waals surface area contributed by atoms with E-state index in [0.717, 1.165) is 57.1 Å². The van der Waals surface area contributed by atoms with Crippen molar-refractivity contribution in [1.82, 2.24) is 20.4 Å². The molecule has 28 heavy (non-hydrogen) atoms. The molecule has 1 heterocycles. The maximum Gasteiger partial charge on any atom is 0.191 e. The second-order valence-electron chi connectivity index (χ2n) is 7.36. The van der Waals surface area contributed by atoms with Gasteiger partial charge in [0.15, 0.2) is 5.96 Å². The predicted octanol–water partition coefficient (Wildman–Crippen LogP) is 3.14. The number of aromatic nitrogens is 2. The van der Waals surface area contributed by atoms with Crippen LogP contribution in [0.2, 0.25) is 0 Å². The number of nitrogens with zero attached hydrogens (tertiary/aromatic N) is 4. The van der Waals surface area contributed by atoms with E-state index in [1.165, 1.54) is 16.9 Å². The van der Waals surface area contributed by atoms with Gasteiger partial charge in [-0.05, 0) is 63.8 Å². The Balaban J connectivity index is 1.71. The minimum absolute atomic E-state index is 0.791. The molecule has 0 spiro atoms. The molecule has 154 valence electrons. The van der Waals surface area contributed by atoms with Gasteiger partial charge in [0.25, 0.3) is 0 Å². The van der Waals surface area contributed by atoms with E-state index < -0.39 is 0 Å². The topological polar surface area (TPSA) is 57.5 Å². The highest BCUT2D eigenvalue weighted by molar-refractivity contribution is 5.79. The number of hydrogen-bond acceptors (Lipinski definition) is 3. The van der Waals surface area contributed by atoms with E-state index in [1.54, 1.807) is 0 Å². The van der Waals surface area contributed by atoms with Crippen LogP contribution in [0, 0.1) is 13.8 Å². The normalized spacial score (nSPS) is 11.5. The van der Waals surface area contributed by atoms with Gasteiger partial charge >= 0.3 is 0 Å². The predicted molar refractivity (Wildman–Crippen MR) is 119 cm³/mol. The van der Waals surface area contributed by atoms with Crippen molar-refractivity contribution in [3.8, 4) is 0 Å². The first kappa shape index (κ1) is 21.8. The second-order valence-corrected chi connectivity index (χ2v) is 7.36. The van der Waals surface area contributed by atoms with Crippen molar-refractivity contribution in [1.29, 1.82) is 0 Å². The van der Waals surface area contributed by atoms with Gasteiger partial charge in [0, 0.05) is 51.7 Å². The Labute approximate surface area is 170 Å². The van der Waals surface area contributed by atoms with Gasteiger partial charge in [0.2, 0.25) is 0 Å². The summed E-state index contributed by atoms with van der Waals surface area (Å²) < 4.78 is 2.06.